The smallest absolute Gasteiger partial charge is 0.138 e. The van der Waals surface area contributed by atoms with Gasteiger partial charge in [0.15, 0.2) is 0 Å². The number of aryl methyl sites for hydroxylation is 1. The summed E-state index contributed by atoms with van der Waals surface area (Å²) in [6.45, 7) is 6.33. The van der Waals surface area contributed by atoms with Crippen LogP contribution in [0.4, 0.5) is 5.82 Å². The number of hydrogen-bond donors (Lipinski definition) is 1. The fourth-order valence-corrected chi connectivity index (χ4v) is 2.63. The van der Waals surface area contributed by atoms with E-state index >= 15 is 0 Å². The average molecular weight is 262 g/mol. The minimum atomic E-state index is 0.480. The number of aromatic nitrogens is 1. The van der Waals surface area contributed by atoms with E-state index in [0.717, 1.165) is 21.2 Å². The Kier molecular flexibility index (Phi) is 3.57. The quantitative estimate of drug-likeness (QED) is 0.914. The largest absolute Gasteiger partial charge is 0.496 e. The van der Waals surface area contributed by atoms with Crippen LogP contribution < -0.4 is 10.5 Å². The molecule has 2 aromatic rings. The van der Waals surface area contributed by atoms with E-state index in [-0.39, 0.29) is 0 Å². The van der Waals surface area contributed by atoms with Crippen molar-refractivity contribution in [1.29, 1.82) is 0 Å². The molecule has 0 atom stereocenters. The molecule has 3 nitrogen and oxygen atoms in total. The van der Waals surface area contributed by atoms with Gasteiger partial charge < -0.3 is 10.5 Å². The van der Waals surface area contributed by atoms with E-state index in [0.29, 0.717) is 11.7 Å². The second-order valence-electron chi connectivity index (χ2n) is 4.57. The lowest BCUT2D eigenvalue weighted by atomic mass is 10.0. The van der Waals surface area contributed by atoms with Gasteiger partial charge >= 0.3 is 0 Å². The van der Waals surface area contributed by atoms with Crippen molar-refractivity contribution in [2.45, 2.75) is 26.7 Å². The summed E-state index contributed by atoms with van der Waals surface area (Å²) in [5, 5.41) is 0.921. The SMILES string of the molecule is COc1ccc(C(C)C)cc1-c1nc(N)c(C)s1. The van der Waals surface area contributed by atoms with Gasteiger partial charge in [-0.3, -0.25) is 0 Å². The Balaban J connectivity index is 2.56. The molecule has 0 fully saturated rings. The second-order valence-corrected chi connectivity index (χ2v) is 5.78. The van der Waals surface area contributed by atoms with Crippen LogP contribution in [0.15, 0.2) is 18.2 Å². The molecule has 2 N–H and O–H groups in total. The Hall–Kier alpha value is -1.55. The molecule has 0 spiro atoms. The maximum absolute atomic E-state index is 5.83. The lowest BCUT2D eigenvalue weighted by molar-refractivity contribution is 0.416. The fourth-order valence-electron chi connectivity index (χ4n) is 1.78. The number of thiazole rings is 1. The normalized spacial score (nSPS) is 10.9. The molecule has 0 amide bonds. The van der Waals surface area contributed by atoms with Gasteiger partial charge in [-0.05, 0) is 30.5 Å². The molecule has 1 aromatic carbocycles. The molecule has 4 heteroatoms. The molecule has 18 heavy (non-hydrogen) atoms. The number of hydrogen-bond acceptors (Lipinski definition) is 4. The van der Waals surface area contributed by atoms with Gasteiger partial charge in [0.2, 0.25) is 0 Å². The van der Waals surface area contributed by atoms with E-state index in [4.69, 9.17) is 10.5 Å². The molecule has 1 heterocycles. The standard InChI is InChI=1S/C14H18N2OS/c1-8(2)10-5-6-12(17-4)11(7-10)14-16-13(15)9(3)18-14/h5-8H,15H2,1-4H3. The van der Waals surface area contributed by atoms with Crippen LogP contribution in [0.5, 0.6) is 5.75 Å². The van der Waals surface area contributed by atoms with Gasteiger partial charge in [0.05, 0.1) is 12.7 Å². The van der Waals surface area contributed by atoms with Crippen molar-refractivity contribution in [3.8, 4) is 16.3 Å². The van der Waals surface area contributed by atoms with Crippen LogP contribution in [0.2, 0.25) is 0 Å². The first-order valence-corrected chi connectivity index (χ1v) is 6.75. The van der Waals surface area contributed by atoms with Gasteiger partial charge in [-0.15, -0.1) is 11.3 Å². The highest BCUT2D eigenvalue weighted by atomic mass is 32.1. The van der Waals surface area contributed by atoms with Crippen LogP contribution in [0.25, 0.3) is 10.6 Å². The van der Waals surface area contributed by atoms with Gasteiger partial charge in [-0.1, -0.05) is 19.9 Å². The lowest BCUT2D eigenvalue weighted by Crippen LogP contribution is -1.93. The molecule has 0 saturated carbocycles. The Labute approximate surface area is 112 Å². The van der Waals surface area contributed by atoms with Crippen LogP contribution in [0, 0.1) is 6.92 Å². The van der Waals surface area contributed by atoms with Gasteiger partial charge in [0.25, 0.3) is 0 Å². The molecule has 2 rings (SSSR count). The Morgan fingerprint density at radius 3 is 2.56 bits per heavy atom. The van der Waals surface area contributed by atoms with Crippen molar-refractivity contribution >= 4 is 17.2 Å². The fraction of sp³-hybridized carbons (Fsp3) is 0.357. The summed E-state index contributed by atoms with van der Waals surface area (Å²) >= 11 is 1.60. The number of nitrogens with two attached hydrogens (primary N) is 1. The number of ether oxygens (including phenoxy) is 1. The maximum atomic E-state index is 5.83. The molecule has 0 aliphatic heterocycles. The first-order chi connectivity index (χ1) is 8.52. The molecule has 0 bridgehead atoms. The minimum absolute atomic E-state index is 0.480. The highest BCUT2D eigenvalue weighted by Gasteiger charge is 2.13. The summed E-state index contributed by atoms with van der Waals surface area (Å²) in [6.07, 6.45) is 0. The third kappa shape index (κ3) is 2.34. The zero-order valence-electron chi connectivity index (χ0n) is 11.2. The number of nitrogens with zero attached hydrogens (tertiary/aromatic N) is 1. The van der Waals surface area contributed by atoms with E-state index in [2.05, 4.69) is 31.0 Å². The van der Waals surface area contributed by atoms with Crippen LogP contribution in [0.1, 0.15) is 30.2 Å². The highest BCUT2D eigenvalue weighted by molar-refractivity contribution is 7.15. The number of anilines is 1. The molecule has 0 unspecified atom stereocenters. The third-order valence-electron chi connectivity index (χ3n) is 2.95. The highest BCUT2D eigenvalue weighted by Crippen LogP contribution is 2.36. The maximum Gasteiger partial charge on any atom is 0.138 e. The van der Waals surface area contributed by atoms with Crippen molar-refractivity contribution in [3.63, 3.8) is 0 Å². The summed E-state index contributed by atoms with van der Waals surface area (Å²) in [5.41, 5.74) is 8.12. The average Bonchev–Trinajstić information content (AvgIpc) is 2.68. The molecule has 96 valence electrons. The summed E-state index contributed by atoms with van der Waals surface area (Å²) < 4.78 is 5.41. The predicted molar refractivity (Wildman–Crippen MR) is 77.3 cm³/mol. The molecule has 0 saturated heterocycles. The third-order valence-corrected chi connectivity index (χ3v) is 3.97. The summed E-state index contributed by atoms with van der Waals surface area (Å²) in [4.78, 5) is 5.45. The number of benzene rings is 1. The molecule has 0 aliphatic rings. The number of methoxy groups -OCH3 is 1. The summed E-state index contributed by atoms with van der Waals surface area (Å²) in [5.74, 6) is 1.92. The lowest BCUT2D eigenvalue weighted by Gasteiger charge is -2.11. The first kappa shape index (κ1) is 12.9. The van der Waals surface area contributed by atoms with Gasteiger partial charge in [-0.2, -0.15) is 0 Å². The topological polar surface area (TPSA) is 48.1 Å². The van der Waals surface area contributed by atoms with Crippen molar-refractivity contribution in [1.82, 2.24) is 4.98 Å². The van der Waals surface area contributed by atoms with E-state index in [1.807, 2.05) is 13.0 Å². The van der Waals surface area contributed by atoms with Crippen LogP contribution in [0.3, 0.4) is 0 Å². The molecule has 0 radical (unpaired) electrons. The second kappa shape index (κ2) is 4.98. The zero-order valence-corrected chi connectivity index (χ0v) is 12.0. The number of rotatable bonds is 3. The van der Waals surface area contributed by atoms with E-state index in [9.17, 15) is 0 Å². The molecule has 0 aliphatic carbocycles. The van der Waals surface area contributed by atoms with Crippen molar-refractivity contribution < 1.29 is 4.74 Å². The zero-order chi connectivity index (χ0) is 13.3. The first-order valence-electron chi connectivity index (χ1n) is 5.94. The minimum Gasteiger partial charge on any atom is -0.496 e. The monoisotopic (exact) mass is 262 g/mol. The number of nitrogen functional groups attached to an aromatic ring is 1. The van der Waals surface area contributed by atoms with E-state index < -0.39 is 0 Å². The molecule has 1 aromatic heterocycles. The summed E-state index contributed by atoms with van der Waals surface area (Å²) in [6, 6.07) is 6.23. The van der Waals surface area contributed by atoms with Gasteiger partial charge in [0, 0.05) is 4.88 Å². The van der Waals surface area contributed by atoms with Crippen LogP contribution >= 0.6 is 11.3 Å². The molecular formula is C14H18N2OS. The van der Waals surface area contributed by atoms with Gasteiger partial charge in [0.1, 0.15) is 16.6 Å². The Morgan fingerprint density at radius 2 is 2.06 bits per heavy atom. The predicted octanol–water partition coefficient (Wildman–Crippen LogP) is 3.83. The summed E-state index contributed by atoms with van der Waals surface area (Å²) in [7, 11) is 1.68. The Bertz CT molecular complexity index is 541. The Morgan fingerprint density at radius 1 is 1.33 bits per heavy atom. The van der Waals surface area contributed by atoms with E-state index in [1.54, 1.807) is 18.4 Å². The van der Waals surface area contributed by atoms with Crippen molar-refractivity contribution in [2.24, 2.45) is 0 Å². The van der Waals surface area contributed by atoms with Crippen LogP contribution in [-0.4, -0.2) is 12.1 Å². The van der Waals surface area contributed by atoms with Crippen molar-refractivity contribution in [2.75, 3.05) is 12.8 Å². The van der Waals surface area contributed by atoms with Crippen LogP contribution in [-0.2, 0) is 0 Å². The van der Waals surface area contributed by atoms with Crippen molar-refractivity contribution in [3.05, 3.63) is 28.6 Å². The molecular weight excluding hydrogens is 244 g/mol. The van der Waals surface area contributed by atoms with E-state index in [1.165, 1.54) is 5.56 Å². The van der Waals surface area contributed by atoms with Gasteiger partial charge in [-0.25, -0.2) is 4.98 Å².